The van der Waals surface area contributed by atoms with E-state index in [0.29, 0.717) is 0 Å². The third kappa shape index (κ3) is 4.65. The Hall–Kier alpha value is -2.73. The molecule has 0 spiro atoms. The first-order valence-corrected chi connectivity index (χ1v) is 12.8. The zero-order valence-electron chi connectivity index (χ0n) is 16.2. The number of hydrogen-bond acceptors (Lipinski definition) is 1. The average molecular weight is 411 g/mol. The van der Waals surface area contributed by atoms with E-state index < -0.39 is 6.04 Å². The van der Waals surface area contributed by atoms with E-state index in [1.807, 2.05) is 0 Å². The van der Waals surface area contributed by atoms with Crippen LogP contribution >= 0.6 is 6.04 Å². The Labute approximate surface area is 178 Å². The van der Waals surface area contributed by atoms with E-state index in [4.69, 9.17) is 11.8 Å². The summed E-state index contributed by atoms with van der Waals surface area (Å²) in [4.78, 5) is 0. The molecule has 4 aromatic rings. The number of benzene rings is 4. The smallest absolute Gasteiger partial charge is 0.0148 e. The fourth-order valence-electron chi connectivity index (χ4n) is 3.53. The molecule has 4 rings (SSSR count). The molecule has 0 nitrogen and oxygen atoms in total. The van der Waals surface area contributed by atoms with Crippen molar-refractivity contribution in [3.8, 4) is 0 Å². The highest BCUT2D eigenvalue weighted by Gasteiger charge is 2.24. The van der Waals surface area contributed by atoms with Gasteiger partial charge in [-0.05, 0) is 27.3 Å². The Bertz CT molecular complexity index is 1070. The summed E-state index contributed by atoms with van der Waals surface area (Å²) in [5, 5.41) is 2.52. The van der Waals surface area contributed by atoms with Gasteiger partial charge in [0.2, 0.25) is 0 Å². The Balaban J connectivity index is 1.86. The molecule has 0 atom stereocenters. The predicted molar refractivity (Wildman–Crippen MR) is 132 cm³/mol. The molecule has 0 bridgehead atoms. The molecule has 2 heteroatoms. The predicted octanol–water partition coefficient (Wildman–Crippen LogP) is 6.36. The van der Waals surface area contributed by atoms with Crippen LogP contribution in [0.15, 0.2) is 121 Å². The lowest BCUT2D eigenvalue weighted by molar-refractivity contribution is 1.57. The largest absolute Gasteiger partial charge is 0.0873 e. The van der Waals surface area contributed by atoms with Crippen molar-refractivity contribution < 1.29 is 0 Å². The van der Waals surface area contributed by atoms with Crippen molar-refractivity contribution in [3.63, 3.8) is 0 Å². The quantitative estimate of drug-likeness (QED) is 0.263. The first kappa shape index (κ1) is 19.6. The van der Waals surface area contributed by atoms with Gasteiger partial charge < -0.3 is 0 Å². The maximum absolute atomic E-state index is 6.50. The zero-order chi connectivity index (χ0) is 19.9. The molecule has 0 aromatic heterocycles. The maximum Gasteiger partial charge on any atom is 0.0148 e. The normalized spacial score (nSPS) is 11.9. The molecule has 0 aliphatic rings. The van der Waals surface area contributed by atoms with Gasteiger partial charge in [0.15, 0.2) is 0 Å². The Morgan fingerprint density at radius 2 is 1.00 bits per heavy atom. The maximum atomic E-state index is 6.50. The fraction of sp³-hybridized carbons (Fsp3) is 0.0370. The van der Waals surface area contributed by atoms with Crippen molar-refractivity contribution in [2.24, 2.45) is 0 Å². The van der Waals surface area contributed by atoms with E-state index in [1.54, 1.807) is 0 Å². The van der Waals surface area contributed by atoms with Crippen LogP contribution in [0.5, 0.6) is 0 Å². The third-order valence-electron chi connectivity index (χ3n) is 5.02. The molecule has 142 valence electrons. The van der Waals surface area contributed by atoms with E-state index >= 15 is 0 Å². The summed E-state index contributed by atoms with van der Waals surface area (Å²) in [5.74, 6) is 0. The summed E-state index contributed by atoms with van der Waals surface area (Å²) >= 11 is 6.50. The molecule has 0 saturated heterocycles. The van der Waals surface area contributed by atoms with Crippen LogP contribution in [0.4, 0.5) is 0 Å². The summed E-state index contributed by atoms with van der Waals surface area (Å²) < 4.78 is 0. The topological polar surface area (TPSA) is 0 Å². The van der Waals surface area contributed by atoms with Crippen LogP contribution < -0.4 is 10.6 Å². The van der Waals surface area contributed by atoms with Crippen molar-refractivity contribution in [2.45, 2.75) is 0 Å². The summed E-state index contributed by atoms with van der Waals surface area (Å²) in [6, 6.07) is 40.4. The molecule has 0 heterocycles. The van der Waals surface area contributed by atoms with E-state index in [2.05, 4.69) is 127 Å². The highest BCUT2D eigenvalue weighted by molar-refractivity contribution is 8.22. The van der Waals surface area contributed by atoms with Gasteiger partial charge in [-0.1, -0.05) is 139 Å². The lowest BCUT2D eigenvalue weighted by Gasteiger charge is -2.25. The summed E-state index contributed by atoms with van der Waals surface area (Å²) in [6.07, 6.45) is 3.14. The van der Waals surface area contributed by atoms with Crippen LogP contribution in [0.2, 0.25) is 0 Å². The lowest BCUT2D eigenvalue weighted by atomic mass is 10.0. The van der Waals surface area contributed by atoms with Crippen LogP contribution in [0.1, 0.15) is 11.1 Å². The van der Waals surface area contributed by atoms with E-state index in [1.165, 1.54) is 27.3 Å². The molecule has 0 aliphatic carbocycles. The first-order chi connectivity index (χ1) is 14.3. The van der Waals surface area contributed by atoms with Gasteiger partial charge in [0, 0.05) is 12.2 Å². The molecule has 29 heavy (non-hydrogen) atoms. The molecule has 4 aromatic carbocycles. The van der Waals surface area contributed by atoms with Crippen LogP contribution in [0.25, 0.3) is 11.6 Å². The van der Waals surface area contributed by atoms with E-state index in [0.717, 1.165) is 6.16 Å². The Morgan fingerprint density at radius 3 is 1.48 bits per heavy atom. The first-order valence-electron chi connectivity index (χ1n) is 9.77. The second-order valence-electron chi connectivity index (χ2n) is 7.02. The second kappa shape index (κ2) is 9.18. The zero-order valence-corrected chi connectivity index (χ0v) is 17.9. The van der Waals surface area contributed by atoms with Gasteiger partial charge in [-0.2, -0.15) is 0 Å². The third-order valence-corrected chi connectivity index (χ3v) is 9.73. The SMILES string of the molecule is S=P(C/C(=C/c1ccccc1)c1ccccc1)(c1ccccc1)c1ccccc1. The van der Waals surface area contributed by atoms with Crippen molar-refractivity contribution in [1.82, 2.24) is 0 Å². The monoisotopic (exact) mass is 410 g/mol. The van der Waals surface area contributed by atoms with Crippen LogP contribution in [-0.4, -0.2) is 6.16 Å². The average Bonchev–Trinajstić information content (AvgIpc) is 2.81. The second-order valence-corrected chi connectivity index (χ2v) is 11.7. The van der Waals surface area contributed by atoms with Gasteiger partial charge in [0.05, 0.1) is 0 Å². The molecule has 0 amide bonds. The molecule has 0 N–H and O–H groups in total. The van der Waals surface area contributed by atoms with Crippen LogP contribution in [0, 0.1) is 0 Å². The molecule has 0 aliphatic heterocycles. The minimum absolute atomic E-state index is 0.843. The van der Waals surface area contributed by atoms with Crippen molar-refractivity contribution in [1.29, 1.82) is 0 Å². The molecule has 0 saturated carbocycles. The van der Waals surface area contributed by atoms with Gasteiger partial charge in [-0.3, -0.25) is 0 Å². The lowest BCUT2D eigenvalue weighted by Crippen LogP contribution is -2.18. The highest BCUT2D eigenvalue weighted by Crippen LogP contribution is 2.47. The summed E-state index contributed by atoms with van der Waals surface area (Å²) in [6.45, 7) is 0. The van der Waals surface area contributed by atoms with Gasteiger partial charge in [-0.25, -0.2) is 0 Å². The Morgan fingerprint density at radius 1 is 0.586 bits per heavy atom. The summed E-state index contributed by atoms with van der Waals surface area (Å²) in [7, 11) is 0. The molecule has 0 radical (unpaired) electrons. The fourth-order valence-corrected chi connectivity index (χ4v) is 7.40. The highest BCUT2D eigenvalue weighted by atomic mass is 32.4. The Kier molecular flexibility index (Phi) is 6.20. The van der Waals surface area contributed by atoms with Crippen LogP contribution in [0.3, 0.4) is 0 Å². The minimum atomic E-state index is -2.02. The van der Waals surface area contributed by atoms with Gasteiger partial charge in [-0.15, -0.1) is 0 Å². The van der Waals surface area contributed by atoms with Crippen LogP contribution in [-0.2, 0) is 11.8 Å². The van der Waals surface area contributed by atoms with Gasteiger partial charge in [0.25, 0.3) is 0 Å². The van der Waals surface area contributed by atoms with Gasteiger partial charge in [0.1, 0.15) is 0 Å². The van der Waals surface area contributed by atoms with Gasteiger partial charge >= 0.3 is 0 Å². The number of allylic oxidation sites excluding steroid dienone is 1. The van der Waals surface area contributed by atoms with E-state index in [9.17, 15) is 0 Å². The number of hydrogen-bond donors (Lipinski definition) is 0. The standard InChI is InChI=1S/C27H23PS/c29-28(26-17-9-3-10-18-26,27-19-11-4-12-20-27)22-25(24-15-7-2-8-16-24)21-23-13-5-1-6-14-23/h1-21H,22H2/b25-21-. The van der Waals surface area contributed by atoms with E-state index in [-0.39, 0.29) is 0 Å². The molecule has 0 fully saturated rings. The van der Waals surface area contributed by atoms with Crippen molar-refractivity contribution >= 4 is 40.1 Å². The molecular weight excluding hydrogens is 387 g/mol. The molecular formula is C27H23PS. The van der Waals surface area contributed by atoms with Crippen molar-refractivity contribution in [3.05, 3.63) is 132 Å². The summed E-state index contributed by atoms with van der Waals surface area (Å²) in [5.41, 5.74) is 3.72. The molecule has 0 unspecified atom stereocenters. The number of rotatable bonds is 6. The van der Waals surface area contributed by atoms with Crippen molar-refractivity contribution in [2.75, 3.05) is 6.16 Å². The minimum Gasteiger partial charge on any atom is -0.0873 e.